The molecule has 5 rings (SSSR count). The van der Waals surface area contributed by atoms with Gasteiger partial charge in [0, 0.05) is 35.8 Å². The highest BCUT2D eigenvalue weighted by Crippen LogP contribution is 2.49. The Morgan fingerprint density at radius 2 is 1.85 bits per heavy atom. The molecule has 7 nitrogen and oxygen atoms in total. The monoisotopic (exact) mass is 572 g/mol. The zero-order valence-corrected chi connectivity index (χ0v) is 23.4. The minimum atomic E-state index is -0.743. The third-order valence-corrected chi connectivity index (χ3v) is 8.20. The minimum Gasteiger partial charge on any atom is -0.376 e. The number of halogens is 3. The van der Waals surface area contributed by atoms with Crippen molar-refractivity contribution in [3.8, 4) is 5.69 Å². The number of nitrogens with zero attached hydrogens (tertiary/aromatic N) is 3. The number of hydrogen-bond acceptors (Lipinski definition) is 5. The number of fused-ring (bicyclic) bond motifs is 1. The fraction of sp³-hybridized carbons (Fsp3) is 0.414. The van der Waals surface area contributed by atoms with Crippen LogP contribution in [-0.4, -0.2) is 53.1 Å². The Labute approximate surface area is 235 Å². The van der Waals surface area contributed by atoms with Crippen molar-refractivity contribution in [2.75, 3.05) is 30.3 Å². The molecule has 0 unspecified atom stereocenters. The molecule has 11 heteroatoms. The van der Waals surface area contributed by atoms with Gasteiger partial charge in [-0.2, -0.15) is 5.10 Å². The molecule has 2 aromatic carbocycles. The van der Waals surface area contributed by atoms with Crippen molar-refractivity contribution in [3.05, 3.63) is 76.7 Å². The van der Waals surface area contributed by atoms with Crippen molar-refractivity contribution in [2.45, 2.75) is 50.4 Å². The van der Waals surface area contributed by atoms with E-state index in [0.717, 1.165) is 18.9 Å². The molecular weight excluding hydrogens is 541 g/mol. The van der Waals surface area contributed by atoms with Crippen LogP contribution in [0.25, 0.3) is 5.69 Å². The molecule has 3 aromatic rings. The summed E-state index contributed by atoms with van der Waals surface area (Å²) in [6.07, 6.45) is 1.71. The number of thioether (sulfide) groups is 1. The predicted octanol–water partition coefficient (Wildman–Crippen LogP) is 5.05. The van der Waals surface area contributed by atoms with E-state index in [2.05, 4.69) is 5.32 Å². The number of benzene rings is 2. The first-order valence-corrected chi connectivity index (χ1v) is 14.2. The summed E-state index contributed by atoms with van der Waals surface area (Å²) in [4.78, 5) is 28.1. The molecule has 0 bridgehead atoms. The summed E-state index contributed by atoms with van der Waals surface area (Å²) in [7, 11) is 0. The van der Waals surface area contributed by atoms with Crippen molar-refractivity contribution in [1.29, 1.82) is 0 Å². The fourth-order valence-corrected chi connectivity index (χ4v) is 6.25. The Balaban J connectivity index is 1.66. The molecule has 2 amide bonds. The smallest absolute Gasteiger partial charge is 0.240 e. The number of hydrogen-bond donors (Lipinski definition) is 1. The normalized spacial score (nSPS) is 19.4. The first-order chi connectivity index (χ1) is 19.0. The van der Waals surface area contributed by atoms with Gasteiger partial charge in [-0.15, -0.1) is 11.8 Å². The number of carbonyl (C=O) groups is 2. The van der Waals surface area contributed by atoms with Gasteiger partial charge in [0.1, 0.15) is 29.8 Å². The van der Waals surface area contributed by atoms with Crippen LogP contribution in [0.4, 0.5) is 19.0 Å². The van der Waals surface area contributed by atoms with Gasteiger partial charge in [0.15, 0.2) is 0 Å². The molecule has 0 radical (unpaired) electrons. The van der Waals surface area contributed by atoms with Crippen LogP contribution in [0.15, 0.2) is 42.5 Å². The molecule has 2 atom stereocenters. The third-order valence-electron chi connectivity index (χ3n) is 6.97. The number of amides is 2. The minimum absolute atomic E-state index is 0.0534. The molecule has 2 aliphatic heterocycles. The average Bonchev–Trinajstić information content (AvgIpc) is 3.53. The summed E-state index contributed by atoms with van der Waals surface area (Å²) in [6.45, 7) is 6.51. The number of nitrogens with one attached hydrogen (secondary N) is 1. The van der Waals surface area contributed by atoms with Crippen molar-refractivity contribution in [2.24, 2.45) is 0 Å². The van der Waals surface area contributed by atoms with Gasteiger partial charge in [-0.3, -0.25) is 14.5 Å². The molecule has 2 aliphatic rings. The molecule has 212 valence electrons. The first kappa shape index (κ1) is 28.2. The number of rotatable bonds is 6. The van der Waals surface area contributed by atoms with Crippen LogP contribution in [-0.2, 0) is 19.7 Å². The van der Waals surface area contributed by atoms with E-state index in [1.165, 1.54) is 57.7 Å². The molecule has 0 aliphatic carbocycles. The number of aromatic nitrogens is 2. The molecule has 1 fully saturated rings. The van der Waals surface area contributed by atoms with Crippen molar-refractivity contribution >= 4 is 29.4 Å². The zero-order valence-electron chi connectivity index (χ0n) is 22.5. The Bertz CT molecular complexity index is 1420. The van der Waals surface area contributed by atoms with E-state index in [4.69, 9.17) is 9.84 Å². The number of anilines is 1. The molecule has 0 spiro atoms. The van der Waals surface area contributed by atoms with Crippen LogP contribution in [0.5, 0.6) is 0 Å². The molecule has 1 saturated heterocycles. The van der Waals surface area contributed by atoms with Gasteiger partial charge >= 0.3 is 0 Å². The van der Waals surface area contributed by atoms with Gasteiger partial charge in [-0.05, 0) is 43.2 Å². The van der Waals surface area contributed by atoms with E-state index in [9.17, 15) is 18.4 Å². The van der Waals surface area contributed by atoms with Gasteiger partial charge < -0.3 is 10.1 Å². The lowest BCUT2D eigenvalue weighted by molar-refractivity contribution is -0.123. The Morgan fingerprint density at radius 1 is 1.12 bits per heavy atom. The highest BCUT2D eigenvalue weighted by atomic mass is 32.2. The van der Waals surface area contributed by atoms with Crippen molar-refractivity contribution in [1.82, 2.24) is 15.1 Å². The van der Waals surface area contributed by atoms with Crippen LogP contribution in [0, 0.1) is 17.5 Å². The molecular formula is C29H31F3N4O3S. The third kappa shape index (κ3) is 5.76. The van der Waals surface area contributed by atoms with Crippen LogP contribution in [0.3, 0.4) is 0 Å². The fourth-order valence-electron chi connectivity index (χ4n) is 5.03. The van der Waals surface area contributed by atoms with E-state index < -0.39 is 28.1 Å². The van der Waals surface area contributed by atoms with Crippen LogP contribution >= 0.6 is 11.8 Å². The van der Waals surface area contributed by atoms with Gasteiger partial charge in [0.05, 0.1) is 28.5 Å². The van der Waals surface area contributed by atoms with Gasteiger partial charge in [-0.1, -0.05) is 26.8 Å². The summed E-state index contributed by atoms with van der Waals surface area (Å²) >= 11 is 1.20. The maximum Gasteiger partial charge on any atom is 0.240 e. The summed E-state index contributed by atoms with van der Waals surface area (Å²) in [6, 6.07) is 9.00. The molecule has 3 heterocycles. The predicted molar refractivity (Wildman–Crippen MR) is 147 cm³/mol. The Hall–Kier alpha value is -3.31. The Kier molecular flexibility index (Phi) is 7.96. The van der Waals surface area contributed by atoms with Crippen molar-refractivity contribution in [3.63, 3.8) is 0 Å². The zero-order chi connectivity index (χ0) is 28.6. The van der Waals surface area contributed by atoms with Crippen molar-refractivity contribution < 1.29 is 27.5 Å². The Morgan fingerprint density at radius 3 is 2.50 bits per heavy atom. The lowest BCUT2D eigenvalue weighted by atomic mass is 9.87. The quantitative estimate of drug-likeness (QED) is 0.448. The average molecular weight is 573 g/mol. The summed E-state index contributed by atoms with van der Waals surface area (Å²) < 4.78 is 50.0. The van der Waals surface area contributed by atoms with Gasteiger partial charge in [0.25, 0.3) is 0 Å². The molecule has 40 heavy (non-hydrogen) atoms. The standard InChI is InChI=1S/C29H31F3N4O3S/c1-29(2,3)27-25-26(21-11-8-18(31)13-22(21)32)40-16-24(38)35(15-23(37)33-14-20-5-4-12-39-20)28(25)36(34-27)19-9-6-17(30)7-10-19/h6-11,13,20,26H,4-5,12,14-16H2,1-3H3,(H,33,37)/t20-,26-/m0/s1. The maximum absolute atomic E-state index is 15.2. The van der Waals surface area contributed by atoms with Gasteiger partial charge in [-0.25, -0.2) is 17.9 Å². The second-order valence-corrected chi connectivity index (χ2v) is 12.1. The lowest BCUT2D eigenvalue weighted by Crippen LogP contribution is -2.44. The topological polar surface area (TPSA) is 76.5 Å². The lowest BCUT2D eigenvalue weighted by Gasteiger charge is -2.25. The molecule has 1 aromatic heterocycles. The van der Waals surface area contributed by atoms with Gasteiger partial charge in [0.2, 0.25) is 11.8 Å². The summed E-state index contributed by atoms with van der Waals surface area (Å²) in [5, 5.41) is 7.01. The highest BCUT2D eigenvalue weighted by Gasteiger charge is 2.40. The summed E-state index contributed by atoms with van der Waals surface area (Å²) in [5.41, 5.74) is 1.23. The summed E-state index contributed by atoms with van der Waals surface area (Å²) in [5.74, 6) is -2.40. The van der Waals surface area contributed by atoms with E-state index in [0.29, 0.717) is 35.9 Å². The number of carbonyl (C=O) groups excluding carboxylic acids is 2. The largest absolute Gasteiger partial charge is 0.376 e. The molecule has 1 N–H and O–H groups in total. The van der Waals surface area contributed by atoms with E-state index in [1.54, 1.807) is 0 Å². The SMILES string of the molecule is CC(C)(C)c1nn(-c2ccc(F)cc2)c2c1[C@H](c1ccc(F)cc1F)SCC(=O)N2CC(=O)NC[C@@H]1CCCO1. The maximum atomic E-state index is 15.2. The van der Waals surface area contributed by atoms with Crippen LogP contribution in [0.2, 0.25) is 0 Å². The van der Waals surface area contributed by atoms with E-state index in [1.807, 2.05) is 20.8 Å². The second-order valence-electron chi connectivity index (χ2n) is 11.0. The highest BCUT2D eigenvalue weighted by molar-refractivity contribution is 8.00. The van der Waals surface area contributed by atoms with E-state index in [-0.39, 0.29) is 35.8 Å². The van der Waals surface area contributed by atoms with Crippen LogP contribution in [0.1, 0.15) is 55.7 Å². The first-order valence-electron chi connectivity index (χ1n) is 13.2. The molecule has 0 saturated carbocycles. The number of ether oxygens (including phenoxy) is 1. The van der Waals surface area contributed by atoms with Crippen LogP contribution < -0.4 is 10.2 Å². The second kappa shape index (κ2) is 11.3. The van der Waals surface area contributed by atoms with E-state index >= 15 is 4.39 Å².